The van der Waals surface area contributed by atoms with E-state index in [0.29, 0.717) is 47.8 Å². The second-order valence-corrected chi connectivity index (χ2v) is 37.1. The van der Waals surface area contributed by atoms with Crippen molar-refractivity contribution in [1.29, 1.82) is 0 Å². The molecule has 0 amide bonds. The van der Waals surface area contributed by atoms with Gasteiger partial charge in [0.1, 0.15) is 51.0 Å². The van der Waals surface area contributed by atoms with Gasteiger partial charge in [0.25, 0.3) is 0 Å². The van der Waals surface area contributed by atoms with Crippen LogP contribution in [0, 0.1) is 6.92 Å². The average molecular weight is 1960 g/mol. The number of carbonyl (C=O) groups excluding carboxylic acids is 5. The molecule has 15 rings (SSSR count). The van der Waals surface area contributed by atoms with Crippen LogP contribution in [0.25, 0.3) is 67.8 Å². The normalized spacial score (nSPS) is 11.5. The summed E-state index contributed by atoms with van der Waals surface area (Å²) in [5.74, 6) is 3.71. The second-order valence-electron chi connectivity index (χ2n) is 36.3. The Morgan fingerprint density at radius 1 is 0.310 bits per heavy atom. The van der Waals surface area contributed by atoms with Crippen molar-refractivity contribution >= 4 is 52.1 Å². The van der Waals surface area contributed by atoms with Crippen molar-refractivity contribution in [2.45, 2.75) is 198 Å². The maximum Gasteiger partial charge on any atom is 0.161 e. The summed E-state index contributed by atoms with van der Waals surface area (Å²) < 4.78 is 65.4. The quantitative estimate of drug-likeness (QED) is 0.0346. The third-order valence-electron chi connectivity index (χ3n) is 24.2. The lowest BCUT2D eigenvalue weighted by Crippen LogP contribution is -2.32. The van der Waals surface area contributed by atoms with Crippen molar-refractivity contribution in [3.8, 4) is 90.8 Å². The maximum atomic E-state index is 11.8. The van der Waals surface area contributed by atoms with Gasteiger partial charge in [-0.25, -0.2) is 14.3 Å². The Morgan fingerprint density at radius 3 is 1.06 bits per heavy atom. The van der Waals surface area contributed by atoms with Gasteiger partial charge in [0.2, 0.25) is 0 Å². The van der Waals surface area contributed by atoms with Crippen molar-refractivity contribution in [3.05, 3.63) is 346 Å². The first kappa shape index (κ1) is 108. The fraction of sp³-hybridized carbons (Fsp3) is 0.307. The number of rotatable bonds is 39. The van der Waals surface area contributed by atoms with Gasteiger partial charge in [-0.3, -0.25) is 38.0 Å². The standard InChI is InChI=1S/2C24H27ClN2O3.C23H26N2O3.C22H24N2O3.C21H23N3O3/c1-16-22(15-30-24(3,4)17(2)28)26-27(14-19-9-6-7-12-21(19)25)23(16)18-10-8-11-20(13-18)29-5;1-17(28)24(2,3)30-16-21-13-23(19-10-7-8-18(12-19)15-29-4)27(26-21)14-20-9-5-6-11-22(20)25;1-17(26)23(2,3)28-16-20-14-22(19-11-8-12-21(13-19)27-4)25(24-20)15-18-9-6-5-7-10-18;1-16(25)22(2,3)27-15-18-14-21(17-9-8-12-20(13-17)26-4)24(23-18)19-10-6-5-7-11-19;1-15(25)21(2,3)27-14-17-13-19(16-8-7-9-18(12-16)26-4)24(23-17)20-10-5-6-11-22-20/h6-13H,14-15H2,1-5H3;5-13H,14-16H2,1-4H3;5-14H,15-16H2,1-4H3;5-14H,15H2,1-4H3;5-13H,14H2,1-4H3. The minimum atomic E-state index is -0.866. The summed E-state index contributed by atoms with van der Waals surface area (Å²) in [6.07, 6.45) is 1.72. The van der Waals surface area contributed by atoms with Crippen molar-refractivity contribution in [2.75, 3.05) is 35.5 Å². The molecular weight excluding hydrogens is 1830 g/mol. The topological polar surface area (TPSA) is 280 Å². The first-order chi connectivity index (χ1) is 67.7. The van der Waals surface area contributed by atoms with Crippen LogP contribution in [0.1, 0.15) is 160 Å². The number of carbonyl (C=O) groups is 5. The van der Waals surface area contributed by atoms with Crippen molar-refractivity contribution < 1.29 is 71.3 Å². The molecule has 142 heavy (non-hydrogen) atoms. The Morgan fingerprint density at radius 2 is 0.648 bits per heavy atom. The van der Waals surface area contributed by atoms with E-state index in [-0.39, 0.29) is 62.0 Å². The fourth-order valence-corrected chi connectivity index (χ4v) is 14.4. The number of benzene rings is 9. The van der Waals surface area contributed by atoms with Crippen LogP contribution in [-0.2, 0) is 112 Å². The molecule has 0 N–H and O–H groups in total. The molecule has 0 atom stereocenters. The van der Waals surface area contributed by atoms with Crippen LogP contribution in [0.2, 0.25) is 10.0 Å². The summed E-state index contributed by atoms with van der Waals surface area (Å²) in [5, 5.41) is 25.1. The molecule has 0 aliphatic carbocycles. The first-order valence-electron chi connectivity index (χ1n) is 46.5. The minimum absolute atomic E-state index is 0.00997. The Balaban J connectivity index is 0.000000170. The summed E-state index contributed by atoms with van der Waals surface area (Å²) in [7, 11) is 8.27. The number of hydrogen-bond donors (Lipinski definition) is 0. The zero-order valence-corrected chi connectivity index (χ0v) is 86.2. The zero-order chi connectivity index (χ0) is 103. The molecule has 6 heterocycles. The van der Waals surface area contributed by atoms with Gasteiger partial charge in [-0.2, -0.15) is 25.5 Å². The SMILES string of the molecule is COCc1cccc(-c2cc(COC(C)(C)C(C)=O)nn2Cc2ccccc2Cl)c1.COc1cccc(-c2c(C)c(COC(C)(C)C(C)=O)nn2Cc2ccccc2Cl)c1.COc1cccc(-c2cc(COC(C)(C)C(C)=O)nn2-c2ccccc2)c1.COc1cccc(-c2cc(COC(C)(C)C(C)=O)nn2-c2ccccn2)c1.COc1cccc(-c2cc(COC(C)(C)C(C)=O)nn2Cc2ccccc2)c1. The second kappa shape index (κ2) is 50.0. The van der Waals surface area contributed by atoms with Gasteiger partial charge in [-0.15, -0.1) is 0 Å². The predicted octanol–water partition coefficient (Wildman–Crippen LogP) is 23.5. The highest BCUT2D eigenvalue weighted by atomic mass is 35.5. The van der Waals surface area contributed by atoms with Gasteiger partial charge in [0.15, 0.2) is 34.7 Å². The molecule has 0 saturated carbocycles. The lowest BCUT2D eigenvalue weighted by molar-refractivity contribution is -0.140. The average Bonchev–Trinajstić information content (AvgIpc) is 1.64. The number of hydrogen-bond acceptors (Lipinski definition) is 21. The van der Waals surface area contributed by atoms with E-state index in [1.807, 2.05) is 280 Å². The Hall–Kier alpha value is -13.9. The minimum Gasteiger partial charge on any atom is -0.497 e. The van der Waals surface area contributed by atoms with E-state index in [1.54, 1.807) is 116 Å². The van der Waals surface area contributed by atoms with Gasteiger partial charge in [0.05, 0.1) is 150 Å². The van der Waals surface area contributed by atoms with Gasteiger partial charge in [0, 0.05) is 56.7 Å². The van der Waals surface area contributed by atoms with E-state index in [0.717, 1.165) is 136 Å². The fourth-order valence-electron chi connectivity index (χ4n) is 14.0. The number of pyridine rings is 1. The van der Waals surface area contributed by atoms with Crippen LogP contribution in [-0.4, -0.2) is 146 Å². The number of para-hydroxylation sites is 1. The monoisotopic (exact) mass is 1960 g/mol. The Labute approximate surface area is 842 Å². The number of aromatic nitrogens is 11. The smallest absolute Gasteiger partial charge is 0.161 e. The summed E-state index contributed by atoms with van der Waals surface area (Å²) in [4.78, 5) is 63.2. The molecule has 9 aromatic carbocycles. The number of methoxy groups -OCH3 is 5. The van der Waals surface area contributed by atoms with Gasteiger partial charge in [-0.1, -0.05) is 181 Å². The van der Waals surface area contributed by atoms with Gasteiger partial charge in [-0.05, 0) is 248 Å². The summed E-state index contributed by atoms with van der Waals surface area (Å²) in [6, 6.07) is 88.7. The number of ketones is 5. The number of halogens is 2. The molecule has 0 aliphatic rings. The molecule has 0 saturated heterocycles. The third-order valence-corrected chi connectivity index (χ3v) is 24.9. The van der Waals surface area contributed by atoms with E-state index >= 15 is 0 Å². The molecule has 0 bridgehead atoms. The Bertz CT molecular complexity index is 6600. The number of ether oxygens (including phenoxy) is 10. The summed E-state index contributed by atoms with van der Waals surface area (Å²) in [5.41, 5.74) is 15.3. The highest BCUT2D eigenvalue weighted by Crippen LogP contribution is 2.36. The molecule has 6 aromatic heterocycles. The van der Waals surface area contributed by atoms with E-state index in [2.05, 4.69) is 28.3 Å². The Kier molecular flexibility index (Phi) is 38.2. The predicted molar refractivity (Wildman–Crippen MR) is 555 cm³/mol. The highest BCUT2D eigenvalue weighted by molar-refractivity contribution is 6.31. The molecule has 26 nitrogen and oxygen atoms in total. The summed E-state index contributed by atoms with van der Waals surface area (Å²) >= 11 is 12.8. The molecule has 0 spiro atoms. The van der Waals surface area contributed by atoms with Gasteiger partial charge >= 0.3 is 0 Å². The van der Waals surface area contributed by atoms with Crippen LogP contribution < -0.4 is 18.9 Å². The van der Waals surface area contributed by atoms with Crippen LogP contribution in [0.5, 0.6) is 23.0 Å². The molecule has 0 radical (unpaired) electrons. The molecule has 28 heteroatoms. The lowest BCUT2D eigenvalue weighted by atomic mass is 10.0. The van der Waals surface area contributed by atoms with E-state index in [1.165, 1.54) is 34.6 Å². The maximum absolute atomic E-state index is 11.8. The van der Waals surface area contributed by atoms with Gasteiger partial charge < -0.3 is 47.4 Å². The van der Waals surface area contributed by atoms with Crippen LogP contribution in [0.3, 0.4) is 0 Å². The van der Waals surface area contributed by atoms with E-state index in [4.69, 9.17) is 91.0 Å². The summed E-state index contributed by atoms with van der Waals surface area (Å²) in [6.45, 7) is 30.8. The molecular formula is C114H127Cl2N11O15. The molecule has 15 aromatic rings. The van der Waals surface area contributed by atoms with Crippen molar-refractivity contribution in [1.82, 2.24) is 53.9 Å². The zero-order valence-electron chi connectivity index (χ0n) is 84.7. The van der Waals surface area contributed by atoms with Crippen LogP contribution in [0.4, 0.5) is 0 Å². The number of nitrogens with zero attached hydrogens (tertiary/aromatic N) is 11. The van der Waals surface area contributed by atoms with E-state index < -0.39 is 28.0 Å². The lowest BCUT2D eigenvalue weighted by Gasteiger charge is -2.21. The van der Waals surface area contributed by atoms with E-state index in [9.17, 15) is 24.0 Å². The van der Waals surface area contributed by atoms with Crippen LogP contribution in [0.15, 0.2) is 279 Å². The molecule has 742 valence electrons. The van der Waals surface area contributed by atoms with Crippen LogP contribution >= 0.6 is 23.2 Å². The van der Waals surface area contributed by atoms with Crippen molar-refractivity contribution in [3.63, 3.8) is 0 Å². The molecule has 0 unspecified atom stereocenters. The number of Topliss-reactive ketones (excluding diaryl/α,β-unsaturated/α-hetero) is 5. The first-order valence-corrected chi connectivity index (χ1v) is 47.2. The third kappa shape index (κ3) is 29.8. The highest BCUT2D eigenvalue weighted by Gasteiger charge is 2.32. The largest absolute Gasteiger partial charge is 0.497 e. The van der Waals surface area contributed by atoms with Crippen molar-refractivity contribution in [2.24, 2.45) is 0 Å². The molecule has 0 fully saturated rings. The molecule has 0 aliphatic heterocycles.